The Morgan fingerprint density at radius 1 is 0.974 bits per heavy atom. The van der Waals surface area contributed by atoms with Crippen molar-refractivity contribution in [1.29, 1.82) is 0 Å². The molecule has 0 aromatic heterocycles. The molecule has 9 heteroatoms. The van der Waals surface area contributed by atoms with Gasteiger partial charge in [-0.05, 0) is 51.3 Å². The van der Waals surface area contributed by atoms with Crippen LogP contribution in [0.25, 0.3) is 0 Å². The number of carbonyl (C=O) groups excluding carboxylic acids is 4. The number of esters is 2. The summed E-state index contributed by atoms with van der Waals surface area (Å²) in [6.07, 6.45) is 4.46. The standard InChI is InChI=1S/C30H34N2O6S/c1-29(2,3)38-27(35)22(32-25(33)20-14-8-9-15-21(20)26(32)34)24-31-23(30(39-24)16-10-5-11-17-30)28(36)37-18-19-12-6-4-7-13-19/h4,6-9,12-15,22-24,31H,5,10-11,16-18H2,1-3H3. The number of rotatable bonds is 6. The van der Waals surface area contributed by atoms with E-state index in [1.54, 1.807) is 45.0 Å². The first kappa shape index (κ1) is 27.4. The molecule has 2 aliphatic heterocycles. The van der Waals surface area contributed by atoms with Gasteiger partial charge in [0, 0.05) is 4.75 Å². The molecule has 2 amide bonds. The van der Waals surface area contributed by atoms with Gasteiger partial charge in [-0.1, -0.05) is 61.7 Å². The maximum atomic E-state index is 13.7. The Labute approximate surface area is 232 Å². The molecule has 0 radical (unpaired) electrons. The van der Waals surface area contributed by atoms with Gasteiger partial charge in [0.25, 0.3) is 11.8 Å². The fourth-order valence-electron chi connectivity index (χ4n) is 5.67. The third-order valence-electron chi connectivity index (χ3n) is 7.42. The van der Waals surface area contributed by atoms with E-state index in [0.717, 1.165) is 42.6 Å². The van der Waals surface area contributed by atoms with Crippen LogP contribution in [0, 0.1) is 0 Å². The average Bonchev–Trinajstić information content (AvgIpc) is 3.38. The van der Waals surface area contributed by atoms with Crippen LogP contribution in [0.1, 0.15) is 79.2 Å². The predicted molar refractivity (Wildman–Crippen MR) is 147 cm³/mol. The van der Waals surface area contributed by atoms with Crippen LogP contribution in [0.15, 0.2) is 54.6 Å². The molecule has 1 aliphatic carbocycles. The number of thioether (sulfide) groups is 1. The van der Waals surface area contributed by atoms with Gasteiger partial charge in [0.1, 0.15) is 18.2 Å². The van der Waals surface area contributed by atoms with E-state index in [1.165, 1.54) is 11.8 Å². The lowest BCUT2D eigenvalue weighted by atomic mass is 9.83. The van der Waals surface area contributed by atoms with Gasteiger partial charge in [-0.3, -0.25) is 24.6 Å². The van der Waals surface area contributed by atoms with E-state index in [1.807, 2.05) is 30.3 Å². The van der Waals surface area contributed by atoms with Crippen LogP contribution in [0.5, 0.6) is 0 Å². The number of nitrogens with zero attached hydrogens (tertiary/aromatic N) is 1. The summed E-state index contributed by atoms with van der Waals surface area (Å²) < 4.78 is 11.0. The topological polar surface area (TPSA) is 102 Å². The smallest absolute Gasteiger partial charge is 0.332 e. The van der Waals surface area contributed by atoms with Crippen LogP contribution in [0.3, 0.4) is 0 Å². The Hall–Kier alpha value is -3.17. The van der Waals surface area contributed by atoms with Gasteiger partial charge in [0.05, 0.1) is 16.5 Å². The van der Waals surface area contributed by atoms with Crippen LogP contribution in [-0.4, -0.2) is 56.5 Å². The molecule has 2 aromatic rings. The zero-order chi connectivity index (χ0) is 27.8. The molecule has 3 aliphatic rings. The minimum atomic E-state index is -1.26. The predicted octanol–water partition coefficient (Wildman–Crippen LogP) is 4.47. The minimum absolute atomic E-state index is 0.136. The van der Waals surface area contributed by atoms with Gasteiger partial charge >= 0.3 is 11.9 Å². The summed E-state index contributed by atoms with van der Waals surface area (Å²) in [6.45, 7) is 5.36. The molecule has 2 fully saturated rings. The molecular formula is C30H34N2O6S. The van der Waals surface area contributed by atoms with E-state index < -0.39 is 51.6 Å². The summed E-state index contributed by atoms with van der Waals surface area (Å²) in [5.41, 5.74) is 0.548. The molecule has 39 heavy (non-hydrogen) atoms. The van der Waals surface area contributed by atoms with Crippen molar-refractivity contribution < 1.29 is 28.7 Å². The first-order valence-electron chi connectivity index (χ1n) is 13.4. The van der Waals surface area contributed by atoms with Gasteiger partial charge < -0.3 is 9.47 Å². The lowest BCUT2D eigenvalue weighted by Gasteiger charge is -2.36. The van der Waals surface area contributed by atoms with Gasteiger partial charge in [-0.2, -0.15) is 0 Å². The fourth-order valence-corrected chi connectivity index (χ4v) is 7.56. The monoisotopic (exact) mass is 550 g/mol. The second-order valence-corrected chi connectivity index (χ2v) is 12.9. The number of hydrogen-bond acceptors (Lipinski definition) is 8. The maximum absolute atomic E-state index is 13.7. The molecular weight excluding hydrogens is 516 g/mol. The highest BCUT2D eigenvalue weighted by atomic mass is 32.2. The van der Waals surface area contributed by atoms with Crippen LogP contribution in [0.4, 0.5) is 0 Å². The molecule has 1 saturated heterocycles. The molecule has 1 saturated carbocycles. The Balaban J connectivity index is 1.46. The number of fused-ring (bicyclic) bond motifs is 1. The molecule has 8 nitrogen and oxygen atoms in total. The number of benzene rings is 2. The molecule has 5 rings (SSSR count). The molecule has 3 unspecified atom stereocenters. The van der Waals surface area contributed by atoms with Crippen LogP contribution in [-0.2, 0) is 25.7 Å². The number of amides is 2. The molecule has 2 heterocycles. The highest BCUT2D eigenvalue weighted by Crippen LogP contribution is 2.50. The quantitative estimate of drug-likeness (QED) is 0.415. The Morgan fingerprint density at radius 2 is 1.56 bits per heavy atom. The van der Waals surface area contributed by atoms with E-state index in [4.69, 9.17) is 9.47 Å². The fraction of sp³-hybridized carbons (Fsp3) is 0.467. The lowest BCUT2D eigenvalue weighted by molar-refractivity contribution is -0.160. The van der Waals surface area contributed by atoms with Crippen molar-refractivity contribution >= 4 is 35.5 Å². The number of ether oxygens (including phenoxy) is 2. The summed E-state index contributed by atoms with van der Waals surface area (Å²) in [5.74, 6) is -2.17. The van der Waals surface area contributed by atoms with Crippen molar-refractivity contribution in [3.63, 3.8) is 0 Å². The number of hydrogen-bond donors (Lipinski definition) is 1. The first-order chi connectivity index (χ1) is 18.6. The highest BCUT2D eigenvalue weighted by Gasteiger charge is 2.58. The first-order valence-corrected chi connectivity index (χ1v) is 14.3. The van der Waals surface area contributed by atoms with Crippen molar-refractivity contribution in [2.45, 2.75) is 87.3 Å². The summed E-state index contributed by atoms with van der Waals surface area (Å²) in [7, 11) is 0. The van der Waals surface area contributed by atoms with Crippen molar-refractivity contribution in [3.05, 3.63) is 71.3 Å². The van der Waals surface area contributed by atoms with E-state index in [-0.39, 0.29) is 17.7 Å². The molecule has 2 aromatic carbocycles. The van der Waals surface area contributed by atoms with E-state index >= 15 is 0 Å². The Bertz CT molecular complexity index is 1230. The second kappa shape index (κ2) is 10.8. The van der Waals surface area contributed by atoms with Gasteiger partial charge in [0.2, 0.25) is 0 Å². The van der Waals surface area contributed by atoms with Gasteiger partial charge in [-0.15, -0.1) is 11.8 Å². The van der Waals surface area contributed by atoms with Gasteiger partial charge in [-0.25, -0.2) is 4.79 Å². The summed E-state index contributed by atoms with van der Waals surface area (Å²) >= 11 is 1.47. The zero-order valence-electron chi connectivity index (χ0n) is 22.5. The van der Waals surface area contributed by atoms with Crippen molar-refractivity contribution in [3.8, 4) is 0 Å². The Kier molecular flexibility index (Phi) is 7.57. The lowest BCUT2D eigenvalue weighted by Crippen LogP contribution is -2.57. The van der Waals surface area contributed by atoms with Crippen LogP contribution >= 0.6 is 11.8 Å². The summed E-state index contributed by atoms with van der Waals surface area (Å²) in [6, 6.07) is 14.1. The molecule has 206 valence electrons. The van der Waals surface area contributed by atoms with Crippen LogP contribution < -0.4 is 5.32 Å². The van der Waals surface area contributed by atoms with Crippen LogP contribution in [0.2, 0.25) is 0 Å². The number of imide groups is 1. The van der Waals surface area contributed by atoms with Crippen molar-refractivity contribution in [2.24, 2.45) is 0 Å². The van der Waals surface area contributed by atoms with E-state index in [9.17, 15) is 19.2 Å². The molecule has 1 N–H and O–H groups in total. The SMILES string of the molecule is CC(C)(C)OC(=O)C(C1NC(C(=O)OCc2ccccc2)C2(CCCCC2)S1)N1C(=O)c2ccccc2C1=O. The molecule has 3 atom stereocenters. The maximum Gasteiger partial charge on any atom is 0.332 e. The third kappa shape index (κ3) is 5.47. The normalized spacial score (nSPS) is 23.0. The minimum Gasteiger partial charge on any atom is -0.460 e. The summed E-state index contributed by atoms with van der Waals surface area (Å²) in [4.78, 5) is 55.2. The number of nitrogens with one attached hydrogen (secondary N) is 1. The highest BCUT2D eigenvalue weighted by molar-refractivity contribution is 8.01. The number of carbonyl (C=O) groups is 4. The molecule has 1 spiro atoms. The largest absolute Gasteiger partial charge is 0.460 e. The second-order valence-electron chi connectivity index (χ2n) is 11.4. The molecule has 0 bridgehead atoms. The van der Waals surface area contributed by atoms with E-state index in [0.29, 0.717) is 0 Å². The third-order valence-corrected chi connectivity index (χ3v) is 9.18. The summed E-state index contributed by atoms with van der Waals surface area (Å²) in [5, 5.41) is 2.60. The van der Waals surface area contributed by atoms with Gasteiger partial charge in [0.15, 0.2) is 6.04 Å². The van der Waals surface area contributed by atoms with Crippen molar-refractivity contribution in [2.75, 3.05) is 0 Å². The van der Waals surface area contributed by atoms with Crippen molar-refractivity contribution in [1.82, 2.24) is 10.2 Å². The Morgan fingerprint density at radius 3 is 2.15 bits per heavy atom. The zero-order valence-corrected chi connectivity index (χ0v) is 23.3. The van der Waals surface area contributed by atoms with E-state index in [2.05, 4.69) is 5.32 Å². The average molecular weight is 551 g/mol.